The largest absolute Gasteiger partial charge is 0.291 e. The van der Waals surface area contributed by atoms with Crippen LogP contribution >= 0.6 is 11.3 Å². The fraction of sp³-hybridized carbons (Fsp3) is 0.714. The van der Waals surface area contributed by atoms with Gasteiger partial charge in [0.05, 0.1) is 5.69 Å². The first-order chi connectivity index (χ1) is 9.98. The minimum atomic E-state index is -3.80. The Bertz CT molecular complexity index is 638. The fourth-order valence-corrected chi connectivity index (χ4v) is 5.78. The molecule has 1 amide bonds. The molecule has 2 aliphatic carbocycles. The number of amides is 1. The Kier molecular flexibility index (Phi) is 4.05. The van der Waals surface area contributed by atoms with Crippen LogP contribution in [-0.2, 0) is 21.2 Å². The maximum Gasteiger partial charge on any atom is 0.291 e. The summed E-state index contributed by atoms with van der Waals surface area (Å²) in [6, 6.07) is 0. The zero-order valence-corrected chi connectivity index (χ0v) is 13.7. The lowest BCUT2D eigenvalue weighted by atomic mass is 9.86. The highest BCUT2D eigenvalue weighted by atomic mass is 32.2. The molecule has 5 nitrogen and oxygen atoms in total. The first-order valence-electron chi connectivity index (χ1n) is 7.48. The quantitative estimate of drug-likeness (QED) is 0.900. The van der Waals surface area contributed by atoms with E-state index in [1.54, 1.807) is 5.38 Å². The molecular weight excluding hydrogens is 308 g/mol. The predicted octanol–water partition coefficient (Wildman–Crippen LogP) is 2.34. The third-order valence-electron chi connectivity index (χ3n) is 4.70. The number of sulfonamides is 1. The number of nitrogens with zero attached hydrogens (tertiary/aromatic N) is 1. The van der Waals surface area contributed by atoms with E-state index in [4.69, 9.17) is 0 Å². The van der Waals surface area contributed by atoms with Gasteiger partial charge in [-0.25, -0.2) is 9.71 Å². The van der Waals surface area contributed by atoms with Gasteiger partial charge >= 0.3 is 0 Å². The van der Waals surface area contributed by atoms with Crippen molar-refractivity contribution in [3.63, 3.8) is 0 Å². The van der Waals surface area contributed by atoms with E-state index in [-0.39, 0.29) is 10.2 Å². The Morgan fingerprint density at radius 2 is 2.24 bits per heavy atom. The summed E-state index contributed by atoms with van der Waals surface area (Å²) in [4.78, 5) is 16.1. The summed E-state index contributed by atoms with van der Waals surface area (Å²) in [7, 11) is -3.80. The van der Waals surface area contributed by atoms with Crippen molar-refractivity contribution in [3.8, 4) is 0 Å². The molecule has 1 aromatic heterocycles. The average molecular weight is 328 g/mol. The van der Waals surface area contributed by atoms with Crippen molar-refractivity contribution in [2.45, 2.75) is 49.8 Å². The molecular formula is C14H20N2O3S2. The summed E-state index contributed by atoms with van der Waals surface area (Å²) in [5.41, 5.74) is 0.737. The first kappa shape index (κ1) is 15.0. The molecule has 2 fully saturated rings. The number of carbonyl (C=O) groups is 1. The fourth-order valence-electron chi connectivity index (χ4n) is 3.67. The van der Waals surface area contributed by atoms with Crippen molar-refractivity contribution in [3.05, 3.63) is 11.1 Å². The molecule has 2 aliphatic rings. The summed E-state index contributed by atoms with van der Waals surface area (Å²) in [6.07, 6.45) is 5.78. The van der Waals surface area contributed by atoms with E-state index in [1.807, 2.05) is 6.92 Å². The van der Waals surface area contributed by atoms with Gasteiger partial charge in [0, 0.05) is 11.8 Å². The lowest BCUT2D eigenvalue weighted by Crippen LogP contribution is -2.32. The molecule has 1 aromatic rings. The monoisotopic (exact) mass is 328 g/mol. The lowest BCUT2D eigenvalue weighted by Gasteiger charge is -2.20. The number of hydrogen-bond acceptors (Lipinski definition) is 5. The Balaban J connectivity index is 1.61. The van der Waals surface area contributed by atoms with Crippen LogP contribution in [0.2, 0.25) is 0 Å². The van der Waals surface area contributed by atoms with Crippen molar-refractivity contribution in [2.75, 3.05) is 0 Å². The highest BCUT2D eigenvalue weighted by molar-refractivity contribution is 7.92. The van der Waals surface area contributed by atoms with Crippen LogP contribution < -0.4 is 4.72 Å². The standard InChI is InChI=1S/C14H20N2O3S2/c1-2-12-8-20-14(15-12)21(18,19)16-13(17)7-11-6-9-3-4-10(11)5-9/h8-11H,2-7H2,1H3,(H,16,17). The molecule has 3 unspecified atom stereocenters. The summed E-state index contributed by atoms with van der Waals surface area (Å²) < 4.78 is 26.4. The summed E-state index contributed by atoms with van der Waals surface area (Å²) >= 11 is 1.06. The third-order valence-corrected chi connectivity index (χ3v) is 7.38. The van der Waals surface area contributed by atoms with E-state index in [9.17, 15) is 13.2 Å². The second-order valence-corrected chi connectivity index (χ2v) is 8.84. The van der Waals surface area contributed by atoms with Crippen LogP contribution in [0.15, 0.2) is 9.72 Å². The SMILES string of the molecule is CCc1csc(S(=O)(=O)NC(=O)CC2CC3CCC2C3)n1. The van der Waals surface area contributed by atoms with E-state index < -0.39 is 10.0 Å². The Hall–Kier alpha value is -0.950. The molecule has 1 N–H and O–H groups in total. The van der Waals surface area contributed by atoms with Crippen LogP contribution in [0.3, 0.4) is 0 Å². The zero-order chi connectivity index (χ0) is 15.0. The van der Waals surface area contributed by atoms with Crippen LogP contribution in [-0.4, -0.2) is 19.3 Å². The van der Waals surface area contributed by atoms with E-state index in [2.05, 4.69) is 9.71 Å². The minimum Gasteiger partial charge on any atom is -0.274 e. The number of hydrogen-bond donors (Lipinski definition) is 1. The van der Waals surface area contributed by atoms with Gasteiger partial charge in [-0.1, -0.05) is 13.3 Å². The Morgan fingerprint density at radius 1 is 1.43 bits per heavy atom. The van der Waals surface area contributed by atoms with Crippen molar-refractivity contribution in [2.24, 2.45) is 17.8 Å². The molecule has 0 saturated heterocycles. The topological polar surface area (TPSA) is 76.1 Å². The van der Waals surface area contributed by atoms with Gasteiger partial charge in [0.15, 0.2) is 0 Å². The minimum absolute atomic E-state index is 0.0133. The van der Waals surface area contributed by atoms with E-state index >= 15 is 0 Å². The molecule has 2 saturated carbocycles. The molecule has 0 spiro atoms. The highest BCUT2D eigenvalue weighted by Crippen LogP contribution is 2.49. The molecule has 3 atom stereocenters. The molecule has 21 heavy (non-hydrogen) atoms. The molecule has 1 heterocycles. The van der Waals surface area contributed by atoms with E-state index in [0.717, 1.165) is 29.4 Å². The molecule has 0 aliphatic heterocycles. The van der Waals surface area contributed by atoms with Gasteiger partial charge in [-0.2, -0.15) is 8.42 Å². The van der Waals surface area contributed by atoms with Crippen LogP contribution in [0.5, 0.6) is 0 Å². The van der Waals surface area contributed by atoms with Crippen molar-refractivity contribution >= 4 is 27.3 Å². The van der Waals surface area contributed by atoms with Crippen molar-refractivity contribution < 1.29 is 13.2 Å². The Labute approximate surface area is 129 Å². The number of thiazole rings is 1. The van der Waals surface area contributed by atoms with Crippen molar-refractivity contribution in [1.82, 2.24) is 9.71 Å². The maximum atomic E-state index is 12.1. The summed E-state index contributed by atoms with van der Waals surface area (Å²) in [5, 5.41) is 1.72. The average Bonchev–Trinajstić information content (AvgIpc) is 3.13. The smallest absolute Gasteiger partial charge is 0.274 e. The van der Waals surface area contributed by atoms with Gasteiger partial charge in [0.1, 0.15) is 0 Å². The van der Waals surface area contributed by atoms with Crippen LogP contribution in [0, 0.1) is 17.8 Å². The predicted molar refractivity (Wildman–Crippen MR) is 80.4 cm³/mol. The number of carbonyl (C=O) groups excluding carboxylic acids is 1. The van der Waals surface area contributed by atoms with Crippen LogP contribution in [0.25, 0.3) is 0 Å². The number of aromatic nitrogens is 1. The summed E-state index contributed by atoms with van der Waals surface area (Å²) in [5.74, 6) is 1.35. The third kappa shape index (κ3) is 3.13. The molecule has 3 rings (SSSR count). The number of nitrogens with one attached hydrogen (secondary N) is 1. The van der Waals surface area contributed by atoms with Crippen LogP contribution in [0.1, 0.15) is 44.7 Å². The normalized spacial score (nSPS) is 28.0. The van der Waals surface area contributed by atoms with Gasteiger partial charge in [-0.15, -0.1) is 11.3 Å². The second-order valence-electron chi connectivity index (χ2n) is 6.13. The molecule has 7 heteroatoms. The zero-order valence-electron chi connectivity index (χ0n) is 12.0. The van der Waals surface area contributed by atoms with Gasteiger partial charge in [-0.05, 0) is 43.4 Å². The Morgan fingerprint density at radius 3 is 2.81 bits per heavy atom. The van der Waals surface area contributed by atoms with E-state index in [1.165, 1.54) is 19.3 Å². The lowest BCUT2D eigenvalue weighted by molar-refractivity contribution is -0.120. The van der Waals surface area contributed by atoms with Gasteiger partial charge in [-0.3, -0.25) is 4.79 Å². The first-order valence-corrected chi connectivity index (χ1v) is 9.84. The van der Waals surface area contributed by atoms with Crippen LogP contribution in [0.4, 0.5) is 0 Å². The van der Waals surface area contributed by atoms with Gasteiger partial charge in [0.2, 0.25) is 10.2 Å². The molecule has 116 valence electrons. The van der Waals surface area contributed by atoms with E-state index in [0.29, 0.717) is 24.7 Å². The number of aryl methyl sites for hydroxylation is 1. The number of rotatable bonds is 5. The molecule has 2 bridgehead atoms. The van der Waals surface area contributed by atoms with Gasteiger partial charge in [0.25, 0.3) is 10.0 Å². The summed E-state index contributed by atoms with van der Waals surface area (Å²) in [6.45, 7) is 1.92. The number of fused-ring (bicyclic) bond motifs is 2. The van der Waals surface area contributed by atoms with Gasteiger partial charge < -0.3 is 0 Å². The van der Waals surface area contributed by atoms with Crippen molar-refractivity contribution in [1.29, 1.82) is 0 Å². The molecule has 0 radical (unpaired) electrons. The second kappa shape index (κ2) is 5.68. The maximum absolute atomic E-state index is 12.1. The molecule has 0 aromatic carbocycles. The highest BCUT2D eigenvalue weighted by Gasteiger charge is 2.40.